The molecule has 1 unspecified atom stereocenters. The highest BCUT2D eigenvalue weighted by Crippen LogP contribution is 2.16. The van der Waals surface area contributed by atoms with Crippen LogP contribution < -0.4 is 10.6 Å². The van der Waals surface area contributed by atoms with E-state index >= 15 is 0 Å². The van der Waals surface area contributed by atoms with Crippen LogP contribution in [0.1, 0.15) is 42.1 Å². The van der Waals surface area contributed by atoms with E-state index in [4.69, 9.17) is 0 Å². The number of piperidine rings is 1. The van der Waals surface area contributed by atoms with Crippen molar-refractivity contribution >= 4 is 11.9 Å². The Morgan fingerprint density at radius 3 is 2.41 bits per heavy atom. The van der Waals surface area contributed by atoms with Crippen LogP contribution in [0.2, 0.25) is 0 Å². The van der Waals surface area contributed by atoms with Gasteiger partial charge in [0.2, 0.25) is 0 Å². The van der Waals surface area contributed by atoms with Crippen LogP contribution in [0.5, 0.6) is 0 Å². The molecule has 1 atom stereocenters. The first-order valence-electron chi connectivity index (χ1n) is 10.2. The molecule has 1 aliphatic rings. The third-order valence-corrected chi connectivity index (χ3v) is 5.31. The van der Waals surface area contributed by atoms with Gasteiger partial charge in [0.1, 0.15) is 5.82 Å². The molecule has 2 N–H and O–H groups in total. The minimum Gasteiger partial charge on any atom is -0.338 e. The van der Waals surface area contributed by atoms with Crippen LogP contribution in [-0.4, -0.2) is 42.0 Å². The van der Waals surface area contributed by atoms with E-state index in [0.29, 0.717) is 25.9 Å². The number of nitrogens with zero attached hydrogens (tertiary/aromatic N) is 1. The summed E-state index contributed by atoms with van der Waals surface area (Å²) in [6, 6.07) is 16.1. The van der Waals surface area contributed by atoms with Crippen molar-refractivity contribution in [2.24, 2.45) is 0 Å². The fraction of sp³-hybridized carbons (Fsp3) is 0.391. The fourth-order valence-electron chi connectivity index (χ4n) is 3.58. The van der Waals surface area contributed by atoms with Gasteiger partial charge in [0.15, 0.2) is 0 Å². The summed E-state index contributed by atoms with van der Waals surface area (Å²) in [7, 11) is 0. The summed E-state index contributed by atoms with van der Waals surface area (Å²) in [6.45, 7) is 3.00. The lowest BCUT2D eigenvalue weighted by atomic mass is 10.0. The topological polar surface area (TPSA) is 61.4 Å². The minimum absolute atomic E-state index is 0.0148. The largest absolute Gasteiger partial charge is 0.338 e. The first kappa shape index (κ1) is 20.8. The Kier molecular flexibility index (Phi) is 7.22. The van der Waals surface area contributed by atoms with E-state index in [1.54, 1.807) is 17.0 Å². The summed E-state index contributed by atoms with van der Waals surface area (Å²) in [5.41, 5.74) is 1.36. The number of rotatable bonds is 6. The van der Waals surface area contributed by atoms with Crippen LogP contribution in [0.25, 0.3) is 0 Å². The molecule has 1 aliphatic heterocycles. The van der Waals surface area contributed by atoms with Gasteiger partial charge in [-0.05, 0) is 50.3 Å². The van der Waals surface area contributed by atoms with Gasteiger partial charge in [-0.25, -0.2) is 9.18 Å². The van der Waals surface area contributed by atoms with Gasteiger partial charge in [-0.3, -0.25) is 4.79 Å². The van der Waals surface area contributed by atoms with Gasteiger partial charge in [-0.1, -0.05) is 42.5 Å². The zero-order valence-corrected chi connectivity index (χ0v) is 16.7. The Balaban J connectivity index is 1.39. The van der Waals surface area contributed by atoms with Crippen molar-refractivity contribution in [3.05, 3.63) is 71.5 Å². The molecule has 154 valence electrons. The molecular formula is C23H28FN3O2. The molecule has 2 aromatic carbocycles. The van der Waals surface area contributed by atoms with Crippen molar-refractivity contribution in [1.29, 1.82) is 0 Å². The molecule has 29 heavy (non-hydrogen) atoms. The molecule has 1 heterocycles. The third kappa shape index (κ3) is 6.04. The zero-order valence-electron chi connectivity index (χ0n) is 16.7. The number of benzene rings is 2. The normalized spacial score (nSPS) is 15.6. The van der Waals surface area contributed by atoms with E-state index in [-0.39, 0.29) is 29.6 Å². The van der Waals surface area contributed by atoms with Crippen LogP contribution in [-0.2, 0) is 6.42 Å². The Labute approximate surface area is 171 Å². The van der Waals surface area contributed by atoms with E-state index in [1.165, 1.54) is 17.7 Å². The molecular weight excluding hydrogens is 369 g/mol. The molecule has 6 heteroatoms. The summed E-state index contributed by atoms with van der Waals surface area (Å²) in [4.78, 5) is 26.4. The molecule has 3 rings (SSSR count). The van der Waals surface area contributed by atoms with Gasteiger partial charge in [0, 0.05) is 25.2 Å². The molecule has 0 aromatic heterocycles. The van der Waals surface area contributed by atoms with Crippen LogP contribution in [0, 0.1) is 5.82 Å². The molecule has 2 aromatic rings. The van der Waals surface area contributed by atoms with Crippen LogP contribution >= 0.6 is 0 Å². The lowest BCUT2D eigenvalue weighted by Gasteiger charge is -2.32. The number of carbonyl (C=O) groups excluding carboxylic acids is 2. The summed E-state index contributed by atoms with van der Waals surface area (Å²) in [5.74, 6) is -0.790. The predicted octanol–water partition coefficient (Wildman–Crippen LogP) is 3.75. The van der Waals surface area contributed by atoms with Crippen molar-refractivity contribution in [1.82, 2.24) is 15.5 Å². The van der Waals surface area contributed by atoms with Crippen molar-refractivity contribution in [2.75, 3.05) is 13.1 Å². The number of nitrogens with one attached hydrogen (secondary N) is 2. The first-order chi connectivity index (χ1) is 14.0. The standard InChI is InChI=1S/C23H28FN3O2/c1-17(11-12-18-7-3-2-4-8-18)25-23(29)26-19-13-15-27(16-14-19)22(28)20-9-5-6-10-21(20)24/h2-10,17,19H,11-16H2,1H3,(H2,25,26,29). The summed E-state index contributed by atoms with van der Waals surface area (Å²) in [5, 5.41) is 5.98. The number of hydrogen-bond acceptors (Lipinski definition) is 2. The monoisotopic (exact) mass is 397 g/mol. The first-order valence-corrected chi connectivity index (χ1v) is 10.2. The second-order valence-electron chi connectivity index (χ2n) is 7.59. The minimum atomic E-state index is -0.499. The van der Waals surface area contributed by atoms with Crippen molar-refractivity contribution in [3.8, 4) is 0 Å². The maximum Gasteiger partial charge on any atom is 0.315 e. The van der Waals surface area contributed by atoms with Gasteiger partial charge >= 0.3 is 6.03 Å². The van der Waals surface area contributed by atoms with Crippen molar-refractivity contribution in [2.45, 2.75) is 44.7 Å². The maximum absolute atomic E-state index is 13.8. The van der Waals surface area contributed by atoms with E-state index < -0.39 is 5.82 Å². The van der Waals surface area contributed by atoms with Crippen LogP contribution in [0.15, 0.2) is 54.6 Å². The van der Waals surface area contributed by atoms with Crippen LogP contribution in [0.3, 0.4) is 0 Å². The number of likely N-dealkylation sites (tertiary alicyclic amines) is 1. The molecule has 0 aliphatic carbocycles. The van der Waals surface area contributed by atoms with E-state index in [1.807, 2.05) is 25.1 Å². The quantitative estimate of drug-likeness (QED) is 0.780. The van der Waals surface area contributed by atoms with Gasteiger partial charge in [-0.15, -0.1) is 0 Å². The van der Waals surface area contributed by atoms with Gasteiger partial charge in [-0.2, -0.15) is 0 Å². The maximum atomic E-state index is 13.8. The van der Waals surface area contributed by atoms with Crippen molar-refractivity contribution < 1.29 is 14.0 Å². The zero-order chi connectivity index (χ0) is 20.6. The Morgan fingerprint density at radius 2 is 1.72 bits per heavy atom. The van der Waals surface area contributed by atoms with E-state index in [9.17, 15) is 14.0 Å². The van der Waals surface area contributed by atoms with Crippen molar-refractivity contribution in [3.63, 3.8) is 0 Å². The average Bonchev–Trinajstić information content (AvgIpc) is 2.73. The predicted molar refractivity (Wildman–Crippen MR) is 111 cm³/mol. The fourth-order valence-corrected chi connectivity index (χ4v) is 3.58. The number of carbonyl (C=O) groups is 2. The lowest BCUT2D eigenvalue weighted by Crippen LogP contribution is -2.50. The van der Waals surface area contributed by atoms with Crippen LogP contribution in [0.4, 0.5) is 9.18 Å². The lowest BCUT2D eigenvalue weighted by molar-refractivity contribution is 0.0703. The number of halogens is 1. The average molecular weight is 397 g/mol. The summed E-state index contributed by atoms with van der Waals surface area (Å²) in [6.07, 6.45) is 3.10. The van der Waals surface area contributed by atoms with Gasteiger partial charge < -0.3 is 15.5 Å². The summed E-state index contributed by atoms with van der Waals surface area (Å²) >= 11 is 0. The van der Waals surface area contributed by atoms with E-state index in [0.717, 1.165) is 12.8 Å². The highest BCUT2D eigenvalue weighted by atomic mass is 19.1. The molecule has 5 nitrogen and oxygen atoms in total. The van der Waals surface area contributed by atoms with E-state index in [2.05, 4.69) is 22.8 Å². The van der Waals surface area contributed by atoms with Gasteiger partial charge in [0.25, 0.3) is 5.91 Å². The second kappa shape index (κ2) is 10.0. The molecule has 1 saturated heterocycles. The highest BCUT2D eigenvalue weighted by molar-refractivity contribution is 5.94. The Hall–Kier alpha value is -2.89. The smallest absolute Gasteiger partial charge is 0.315 e. The SMILES string of the molecule is CC(CCc1ccccc1)NC(=O)NC1CCN(C(=O)c2ccccc2F)CC1. The number of hydrogen-bond donors (Lipinski definition) is 2. The third-order valence-electron chi connectivity index (χ3n) is 5.31. The highest BCUT2D eigenvalue weighted by Gasteiger charge is 2.26. The summed E-state index contributed by atoms with van der Waals surface area (Å²) < 4.78 is 13.8. The Morgan fingerprint density at radius 1 is 1.07 bits per heavy atom. The molecule has 0 bridgehead atoms. The molecule has 0 radical (unpaired) electrons. The van der Waals surface area contributed by atoms with Gasteiger partial charge in [0.05, 0.1) is 5.56 Å². The number of amides is 3. The Bertz CT molecular complexity index is 820. The number of aryl methyl sites for hydroxylation is 1. The molecule has 0 saturated carbocycles. The second-order valence-corrected chi connectivity index (χ2v) is 7.59. The molecule has 0 spiro atoms. The molecule has 1 fully saturated rings. The molecule has 3 amide bonds. The number of urea groups is 1.